The summed E-state index contributed by atoms with van der Waals surface area (Å²) in [6.07, 6.45) is 1.70. The van der Waals surface area contributed by atoms with Crippen molar-refractivity contribution >= 4 is 33.9 Å². The summed E-state index contributed by atoms with van der Waals surface area (Å²) in [7, 11) is 5.32. The molecule has 0 fully saturated rings. The third-order valence-electron chi connectivity index (χ3n) is 4.18. The van der Waals surface area contributed by atoms with E-state index < -0.39 is 0 Å². The van der Waals surface area contributed by atoms with Crippen molar-refractivity contribution in [2.75, 3.05) is 19.1 Å². The van der Waals surface area contributed by atoms with Crippen LogP contribution in [0.2, 0.25) is 5.15 Å². The second kappa shape index (κ2) is 6.17. The van der Waals surface area contributed by atoms with Gasteiger partial charge in [0.25, 0.3) is 5.56 Å². The van der Waals surface area contributed by atoms with Gasteiger partial charge < -0.3 is 14.2 Å². The Morgan fingerprint density at radius 3 is 2.58 bits per heavy atom. The highest BCUT2D eigenvalue weighted by atomic mass is 35.5. The molecule has 0 bridgehead atoms. The van der Waals surface area contributed by atoms with Gasteiger partial charge in [0.2, 0.25) is 0 Å². The molecule has 0 aliphatic heterocycles. The molecule has 0 aliphatic rings. The Morgan fingerprint density at radius 2 is 1.96 bits per heavy atom. The van der Waals surface area contributed by atoms with E-state index in [-0.39, 0.29) is 5.56 Å². The number of fused-ring (bicyclic) bond motifs is 1. The first-order valence-electron chi connectivity index (χ1n) is 7.46. The number of ether oxygens (including phenoxy) is 1. The first-order valence-corrected chi connectivity index (χ1v) is 7.84. The zero-order chi connectivity index (χ0) is 17.4. The molecule has 2 aromatic heterocycles. The second-order valence-corrected chi connectivity index (χ2v) is 6.06. The standard InChI is InChI=1S/C18H18ClN3O2/c1-11-7-14-15(22(3)18(11)23)8-13(9-16(14)24-4)21(2)12-5-6-17(19)20-10-12/h5-10H,1-4H3. The van der Waals surface area contributed by atoms with E-state index in [0.29, 0.717) is 10.7 Å². The Labute approximate surface area is 145 Å². The fourth-order valence-corrected chi connectivity index (χ4v) is 2.86. The lowest BCUT2D eigenvalue weighted by molar-refractivity contribution is 0.419. The van der Waals surface area contributed by atoms with Crippen molar-refractivity contribution in [3.05, 3.63) is 57.6 Å². The van der Waals surface area contributed by atoms with Gasteiger partial charge in [0.15, 0.2) is 0 Å². The van der Waals surface area contributed by atoms with Gasteiger partial charge in [-0.3, -0.25) is 4.79 Å². The summed E-state index contributed by atoms with van der Waals surface area (Å²) >= 11 is 5.85. The molecule has 124 valence electrons. The van der Waals surface area contributed by atoms with Crippen molar-refractivity contribution in [3.8, 4) is 5.75 Å². The molecule has 0 spiro atoms. The third-order valence-corrected chi connectivity index (χ3v) is 4.40. The Morgan fingerprint density at radius 1 is 1.21 bits per heavy atom. The number of nitrogens with zero attached hydrogens (tertiary/aromatic N) is 3. The van der Waals surface area contributed by atoms with Crippen molar-refractivity contribution in [2.24, 2.45) is 7.05 Å². The van der Waals surface area contributed by atoms with Crippen LogP contribution in [0.5, 0.6) is 5.75 Å². The molecule has 0 radical (unpaired) electrons. The number of pyridine rings is 2. The van der Waals surface area contributed by atoms with Crippen molar-refractivity contribution < 1.29 is 4.74 Å². The van der Waals surface area contributed by atoms with E-state index in [4.69, 9.17) is 16.3 Å². The lowest BCUT2D eigenvalue weighted by atomic mass is 10.1. The predicted octanol–water partition coefficient (Wildman–Crippen LogP) is 3.67. The van der Waals surface area contributed by atoms with Gasteiger partial charge in [-0.1, -0.05) is 11.6 Å². The van der Waals surface area contributed by atoms with Gasteiger partial charge in [-0.05, 0) is 31.2 Å². The molecule has 0 aliphatic carbocycles. The van der Waals surface area contributed by atoms with E-state index in [1.807, 2.05) is 36.2 Å². The molecule has 24 heavy (non-hydrogen) atoms. The smallest absolute Gasteiger partial charge is 0.253 e. The van der Waals surface area contributed by atoms with Crippen LogP contribution in [-0.4, -0.2) is 23.7 Å². The fourth-order valence-electron chi connectivity index (χ4n) is 2.75. The Bertz CT molecular complexity index is 965. The number of benzene rings is 1. The van der Waals surface area contributed by atoms with Crippen molar-refractivity contribution in [1.82, 2.24) is 9.55 Å². The average molecular weight is 344 g/mol. The van der Waals surface area contributed by atoms with Gasteiger partial charge in [-0.2, -0.15) is 0 Å². The Hall–Kier alpha value is -2.53. The molecule has 5 nitrogen and oxygen atoms in total. The Kier molecular flexibility index (Phi) is 4.20. The van der Waals surface area contributed by atoms with Gasteiger partial charge in [-0.15, -0.1) is 0 Å². The predicted molar refractivity (Wildman–Crippen MR) is 97.8 cm³/mol. The van der Waals surface area contributed by atoms with Crippen LogP contribution in [0.4, 0.5) is 11.4 Å². The minimum absolute atomic E-state index is 0.0162. The zero-order valence-corrected chi connectivity index (χ0v) is 14.8. The number of rotatable bonds is 3. The maximum Gasteiger partial charge on any atom is 0.253 e. The largest absolute Gasteiger partial charge is 0.496 e. The van der Waals surface area contributed by atoms with Crippen LogP contribution in [0.1, 0.15) is 5.56 Å². The quantitative estimate of drug-likeness (QED) is 0.681. The zero-order valence-electron chi connectivity index (χ0n) is 14.0. The van der Waals surface area contributed by atoms with Crippen LogP contribution in [0, 0.1) is 6.92 Å². The number of anilines is 2. The molecule has 0 amide bonds. The van der Waals surface area contributed by atoms with Crippen LogP contribution < -0.4 is 15.2 Å². The van der Waals surface area contributed by atoms with Crippen LogP contribution in [-0.2, 0) is 7.05 Å². The molecule has 6 heteroatoms. The van der Waals surface area contributed by atoms with E-state index in [2.05, 4.69) is 4.98 Å². The highest BCUT2D eigenvalue weighted by Crippen LogP contribution is 2.33. The van der Waals surface area contributed by atoms with Crippen molar-refractivity contribution in [3.63, 3.8) is 0 Å². The normalized spacial score (nSPS) is 10.9. The summed E-state index contributed by atoms with van der Waals surface area (Å²) in [6.45, 7) is 1.81. The fraction of sp³-hybridized carbons (Fsp3) is 0.222. The highest BCUT2D eigenvalue weighted by Gasteiger charge is 2.13. The lowest BCUT2D eigenvalue weighted by Gasteiger charge is -2.21. The maximum absolute atomic E-state index is 12.3. The van der Waals surface area contributed by atoms with Crippen molar-refractivity contribution in [2.45, 2.75) is 6.92 Å². The molecule has 0 atom stereocenters. The molecule has 0 saturated carbocycles. The summed E-state index contributed by atoms with van der Waals surface area (Å²) in [5.74, 6) is 0.718. The van der Waals surface area contributed by atoms with E-state index in [0.717, 1.165) is 28.0 Å². The third kappa shape index (κ3) is 2.71. The molecular weight excluding hydrogens is 326 g/mol. The molecule has 1 aromatic carbocycles. The molecule has 0 saturated heterocycles. The van der Waals surface area contributed by atoms with Gasteiger partial charge in [0, 0.05) is 36.8 Å². The van der Waals surface area contributed by atoms with Crippen LogP contribution in [0.3, 0.4) is 0 Å². The van der Waals surface area contributed by atoms with E-state index in [1.165, 1.54) is 0 Å². The first kappa shape index (κ1) is 16.3. The van der Waals surface area contributed by atoms with Crippen molar-refractivity contribution in [1.29, 1.82) is 0 Å². The summed E-state index contributed by atoms with van der Waals surface area (Å²) in [6, 6.07) is 9.41. The monoisotopic (exact) mass is 343 g/mol. The summed E-state index contributed by atoms with van der Waals surface area (Å²) in [4.78, 5) is 18.3. The maximum atomic E-state index is 12.3. The van der Waals surface area contributed by atoms with Gasteiger partial charge in [-0.25, -0.2) is 4.98 Å². The summed E-state index contributed by atoms with van der Waals surface area (Å²) < 4.78 is 7.19. The summed E-state index contributed by atoms with van der Waals surface area (Å²) in [5, 5.41) is 1.35. The molecule has 0 unspecified atom stereocenters. The van der Waals surface area contributed by atoms with Crippen LogP contribution >= 0.6 is 11.6 Å². The molecule has 0 N–H and O–H groups in total. The van der Waals surface area contributed by atoms with Gasteiger partial charge >= 0.3 is 0 Å². The summed E-state index contributed by atoms with van der Waals surface area (Å²) in [5.41, 5.74) is 3.26. The van der Waals surface area contributed by atoms with Gasteiger partial charge in [0.1, 0.15) is 10.9 Å². The SMILES string of the molecule is COc1cc(N(C)c2ccc(Cl)nc2)cc2c1cc(C)c(=O)n2C. The number of hydrogen-bond acceptors (Lipinski definition) is 4. The van der Waals surface area contributed by atoms with E-state index in [1.54, 1.807) is 37.9 Å². The number of aryl methyl sites for hydroxylation is 2. The van der Waals surface area contributed by atoms with Crippen LogP contribution in [0.25, 0.3) is 10.9 Å². The van der Waals surface area contributed by atoms with Crippen LogP contribution in [0.15, 0.2) is 41.3 Å². The average Bonchev–Trinajstić information content (AvgIpc) is 2.59. The first-order chi connectivity index (χ1) is 11.4. The number of methoxy groups -OCH3 is 1. The number of halogens is 1. The number of hydrogen-bond donors (Lipinski definition) is 0. The molecule has 2 heterocycles. The molecular formula is C18H18ClN3O2. The van der Waals surface area contributed by atoms with Gasteiger partial charge in [0.05, 0.1) is 24.5 Å². The second-order valence-electron chi connectivity index (χ2n) is 5.67. The van der Waals surface area contributed by atoms with E-state index in [9.17, 15) is 4.79 Å². The molecule has 3 aromatic rings. The Balaban J connectivity index is 2.22. The van der Waals surface area contributed by atoms with E-state index >= 15 is 0 Å². The molecule has 3 rings (SSSR count). The topological polar surface area (TPSA) is 47.4 Å². The number of aromatic nitrogens is 2. The lowest BCUT2D eigenvalue weighted by Crippen LogP contribution is -2.20. The highest BCUT2D eigenvalue weighted by molar-refractivity contribution is 6.29. The minimum Gasteiger partial charge on any atom is -0.496 e. The minimum atomic E-state index is -0.0162.